The van der Waals surface area contributed by atoms with Crippen molar-refractivity contribution in [3.63, 3.8) is 0 Å². The van der Waals surface area contributed by atoms with Gasteiger partial charge in [-0.25, -0.2) is 0 Å². The monoisotopic (exact) mass is 483 g/mol. The van der Waals surface area contributed by atoms with E-state index in [1.807, 2.05) is 67.6 Å². The molecule has 27 heavy (non-hydrogen) atoms. The van der Waals surface area contributed by atoms with Gasteiger partial charge >= 0.3 is 0 Å². The van der Waals surface area contributed by atoms with Crippen molar-refractivity contribution in [2.24, 2.45) is 4.99 Å². The number of benzene rings is 2. The summed E-state index contributed by atoms with van der Waals surface area (Å²) in [4.78, 5) is 4.55. The smallest absolute Gasteiger partial charge is 0.191 e. The molecule has 1 atom stereocenters. The number of guanidine groups is 1. The van der Waals surface area contributed by atoms with Gasteiger partial charge in [0.25, 0.3) is 0 Å². The Balaban J connectivity index is 0.00000364. The van der Waals surface area contributed by atoms with Crippen molar-refractivity contribution in [3.05, 3.63) is 66.2 Å². The van der Waals surface area contributed by atoms with E-state index in [1.165, 1.54) is 0 Å². The molecule has 3 N–H and O–H groups in total. The lowest BCUT2D eigenvalue weighted by Crippen LogP contribution is -2.38. The van der Waals surface area contributed by atoms with Crippen LogP contribution >= 0.6 is 24.0 Å². The fourth-order valence-corrected chi connectivity index (χ4v) is 2.47. The second-order valence-electron chi connectivity index (χ2n) is 5.92. The normalized spacial score (nSPS) is 12.0. The molecular weight excluding hydrogens is 453 g/mol. The average Bonchev–Trinajstić information content (AvgIpc) is 2.69. The van der Waals surface area contributed by atoms with Gasteiger partial charge in [-0.05, 0) is 31.0 Å². The lowest BCUT2D eigenvalue weighted by Gasteiger charge is -2.14. The van der Waals surface area contributed by atoms with Crippen LogP contribution in [0.1, 0.15) is 31.4 Å². The first-order valence-electron chi connectivity index (χ1n) is 9.22. The Hall–Kier alpha value is -1.80. The Bertz CT molecular complexity index is 638. The van der Waals surface area contributed by atoms with E-state index in [-0.39, 0.29) is 24.0 Å². The van der Waals surface area contributed by atoms with E-state index in [9.17, 15) is 5.11 Å². The lowest BCUT2D eigenvalue weighted by atomic mass is 10.1. The number of para-hydroxylation sites is 1. The quantitative estimate of drug-likeness (QED) is 0.209. The molecule has 148 valence electrons. The molecule has 0 spiro atoms. The van der Waals surface area contributed by atoms with Crippen LogP contribution in [-0.4, -0.2) is 37.3 Å². The molecule has 0 aliphatic heterocycles. The van der Waals surface area contributed by atoms with Gasteiger partial charge in [0.15, 0.2) is 5.96 Å². The van der Waals surface area contributed by atoms with Gasteiger partial charge in [-0.3, -0.25) is 4.99 Å². The minimum absolute atomic E-state index is 0. The maximum atomic E-state index is 10.2. The summed E-state index contributed by atoms with van der Waals surface area (Å²) in [7, 11) is 0. The standard InChI is InChI=1S/C21H29N3O2.HI/c1-2-22-21(23-15-9-17-26-19-12-7-4-8-13-19)24-16-14-20(25)18-10-5-3-6-11-18;/h3-8,10-13,20,25H,2,9,14-17H2,1H3,(H2,22,23,24);1H. The Labute approximate surface area is 179 Å². The first-order chi connectivity index (χ1) is 12.8. The molecule has 0 radical (unpaired) electrons. The number of hydrogen-bond acceptors (Lipinski definition) is 3. The molecule has 2 aromatic carbocycles. The molecule has 5 nitrogen and oxygen atoms in total. The molecule has 0 heterocycles. The Kier molecular flexibility index (Phi) is 12.3. The van der Waals surface area contributed by atoms with Crippen LogP contribution in [0.2, 0.25) is 0 Å². The molecular formula is C21H30IN3O2. The molecule has 0 aliphatic carbocycles. The molecule has 1 unspecified atom stereocenters. The molecule has 0 saturated carbocycles. The molecule has 0 bridgehead atoms. The van der Waals surface area contributed by atoms with Crippen molar-refractivity contribution in [3.8, 4) is 5.75 Å². The van der Waals surface area contributed by atoms with Crippen LogP contribution in [0.5, 0.6) is 5.75 Å². The average molecular weight is 483 g/mol. The predicted molar refractivity (Wildman–Crippen MR) is 122 cm³/mol. The van der Waals surface area contributed by atoms with Crippen molar-refractivity contribution < 1.29 is 9.84 Å². The van der Waals surface area contributed by atoms with Crippen LogP contribution in [0.25, 0.3) is 0 Å². The van der Waals surface area contributed by atoms with E-state index in [4.69, 9.17) is 4.74 Å². The number of halogens is 1. The molecule has 0 amide bonds. The van der Waals surface area contributed by atoms with E-state index in [0.717, 1.165) is 30.2 Å². The van der Waals surface area contributed by atoms with Crippen molar-refractivity contribution in [1.82, 2.24) is 10.6 Å². The van der Waals surface area contributed by atoms with Crippen LogP contribution in [0.3, 0.4) is 0 Å². The zero-order chi connectivity index (χ0) is 18.5. The van der Waals surface area contributed by atoms with Gasteiger partial charge in [-0.15, -0.1) is 24.0 Å². The summed E-state index contributed by atoms with van der Waals surface area (Å²) in [5.74, 6) is 1.66. The zero-order valence-corrected chi connectivity index (χ0v) is 18.1. The molecule has 0 fully saturated rings. The minimum Gasteiger partial charge on any atom is -0.494 e. The maximum absolute atomic E-state index is 10.2. The van der Waals surface area contributed by atoms with Crippen molar-refractivity contribution in [2.45, 2.75) is 25.9 Å². The lowest BCUT2D eigenvalue weighted by molar-refractivity contribution is 0.168. The van der Waals surface area contributed by atoms with E-state index < -0.39 is 6.10 Å². The van der Waals surface area contributed by atoms with Gasteiger partial charge in [-0.2, -0.15) is 0 Å². The second-order valence-corrected chi connectivity index (χ2v) is 5.92. The zero-order valence-electron chi connectivity index (χ0n) is 15.8. The SMILES string of the molecule is CCNC(=NCCCOc1ccccc1)NCCC(O)c1ccccc1.I. The molecule has 6 heteroatoms. The molecule has 0 aliphatic rings. The van der Waals surface area contributed by atoms with Gasteiger partial charge in [0.1, 0.15) is 5.75 Å². The number of aliphatic hydroxyl groups is 1. The van der Waals surface area contributed by atoms with E-state index >= 15 is 0 Å². The first-order valence-corrected chi connectivity index (χ1v) is 9.22. The summed E-state index contributed by atoms with van der Waals surface area (Å²) in [5.41, 5.74) is 0.939. The highest BCUT2D eigenvalue weighted by molar-refractivity contribution is 14.0. The third kappa shape index (κ3) is 9.63. The highest BCUT2D eigenvalue weighted by Crippen LogP contribution is 2.14. The van der Waals surface area contributed by atoms with Gasteiger partial charge in [-0.1, -0.05) is 48.5 Å². The van der Waals surface area contributed by atoms with Crippen LogP contribution in [0.4, 0.5) is 0 Å². The fourth-order valence-electron chi connectivity index (χ4n) is 2.47. The minimum atomic E-state index is -0.467. The second kappa shape index (κ2) is 14.3. The van der Waals surface area contributed by atoms with Crippen molar-refractivity contribution >= 4 is 29.9 Å². The Morgan fingerprint density at radius 3 is 2.37 bits per heavy atom. The number of rotatable bonds is 10. The molecule has 0 aromatic heterocycles. The van der Waals surface area contributed by atoms with E-state index in [2.05, 4.69) is 15.6 Å². The van der Waals surface area contributed by atoms with Gasteiger partial charge in [0.05, 0.1) is 12.7 Å². The third-order valence-corrected chi connectivity index (χ3v) is 3.82. The summed E-state index contributed by atoms with van der Waals surface area (Å²) in [5, 5.41) is 16.7. The number of hydrogen-bond donors (Lipinski definition) is 3. The predicted octanol–water partition coefficient (Wildman–Crippen LogP) is 3.75. The van der Waals surface area contributed by atoms with Crippen LogP contribution < -0.4 is 15.4 Å². The van der Waals surface area contributed by atoms with Crippen LogP contribution in [-0.2, 0) is 0 Å². The fraction of sp³-hybridized carbons (Fsp3) is 0.381. The summed E-state index contributed by atoms with van der Waals surface area (Å²) < 4.78 is 5.67. The number of nitrogens with zero attached hydrogens (tertiary/aromatic N) is 1. The summed E-state index contributed by atoms with van der Waals surface area (Å²) >= 11 is 0. The van der Waals surface area contributed by atoms with Gasteiger partial charge in [0.2, 0.25) is 0 Å². The van der Waals surface area contributed by atoms with Gasteiger partial charge < -0.3 is 20.5 Å². The molecule has 2 aromatic rings. The maximum Gasteiger partial charge on any atom is 0.191 e. The number of ether oxygens (including phenoxy) is 1. The summed E-state index contributed by atoms with van der Waals surface area (Å²) in [6.07, 6.45) is 1.01. The number of nitrogens with one attached hydrogen (secondary N) is 2. The van der Waals surface area contributed by atoms with Crippen molar-refractivity contribution in [1.29, 1.82) is 0 Å². The van der Waals surface area contributed by atoms with E-state index in [1.54, 1.807) is 0 Å². The Morgan fingerprint density at radius 1 is 1.04 bits per heavy atom. The summed E-state index contributed by atoms with van der Waals surface area (Å²) in [6, 6.07) is 19.5. The third-order valence-electron chi connectivity index (χ3n) is 3.82. The number of aliphatic imine (C=N–C) groups is 1. The topological polar surface area (TPSA) is 65.9 Å². The Morgan fingerprint density at radius 2 is 1.70 bits per heavy atom. The van der Waals surface area contributed by atoms with Crippen molar-refractivity contribution in [2.75, 3.05) is 26.2 Å². The largest absolute Gasteiger partial charge is 0.494 e. The molecule has 2 rings (SSSR count). The van der Waals surface area contributed by atoms with Crippen LogP contribution in [0, 0.1) is 0 Å². The first kappa shape index (κ1) is 23.2. The molecule has 0 saturated heterocycles. The highest BCUT2D eigenvalue weighted by atomic mass is 127. The summed E-state index contributed by atoms with van der Waals surface area (Å²) in [6.45, 7) is 4.81. The number of aliphatic hydroxyl groups excluding tert-OH is 1. The van der Waals surface area contributed by atoms with Crippen LogP contribution in [0.15, 0.2) is 65.7 Å². The van der Waals surface area contributed by atoms with E-state index in [0.29, 0.717) is 26.1 Å². The van der Waals surface area contributed by atoms with Gasteiger partial charge in [0, 0.05) is 26.1 Å². The highest BCUT2D eigenvalue weighted by Gasteiger charge is 2.06.